The van der Waals surface area contributed by atoms with Crippen LogP contribution in [-0.4, -0.2) is 155 Å². The van der Waals surface area contributed by atoms with E-state index in [2.05, 4.69) is 54.4 Å². The molecule has 8 heterocycles. The maximum atomic E-state index is 15.9. The minimum Gasteiger partial charge on any atom is -0.496 e. The average Bonchev–Trinajstić information content (AvgIpc) is 2.77. The molecule has 1 spiro atoms. The van der Waals surface area contributed by atoms with Gasteiger partial charge in [0.25, 0.3) is 5.91 Å². The fourth-order valence-electron chi connectivity index (χ4n) is 16.2. The Morgan fingerprint density at radius 3 is 2.43 bits per heavy atom. The summed E-state index contributed by atoms with van der Waals surface area (Å²) >= 11 is 0. The van der Waals surface area contributed by atoms with Crippen molar-refractivity contribution in [3.63, 3.8) is 0 Å². The van der Waals surface area contributed by atoms with Gasteiger partial charge in [-0.25, -0.2) is 14.6 Å². The SMILES string of the molecule is CC[C@]1(NC(=O)N2Cc3ccc(NC(=O)c4cnccn4)cc3C2)C[C@H]2CN(CCc3c([nH]c4ccccc34)[C@@](C(=O)OC)(c3cc4c(cc3OC)N(C)[C@H]3[C@@](O)(C(=O)OC)[C@H](OC(C)=O)[C@]5(CC)C=CCN6CC[C@]43[C@@H]65)C2)C1. The molecule has 7 aliphatic rings. The van der Waals surface area contributed by atoms with Gasteiger partial charge in [-0.3, -0.25) is 24.3 Å². The van der Waals surface area contributed by atoms with Crippen LogP contribution >= 0.6 is 0 Å². The first kappa shape index (κ1) is 52.4. The Labute approximate surface area is 459 Å². The van der Waals surface area contributed by atoms with Crippen LogP contribution in [0.5, 0.6) is 5.75 Å². The van der Waals surface area contributed by atoms with E-state index in [9.17, 15) is 24.3 Å². The third-order valence-corrected chi connectivity index (χ3v) is 19.3. The Morgan fingerprint density at radius 1 is 0.899 bits per heavy atom. The highest BCUT2D eigenvalue weighted by atomic mass is 16.6. The Bertz CT molecular complexity index is 3350. The molecule has 2 saturated heterocycles. The quantitative estimate of drug-likeness (QED) is 0.0742. The first-order chi connectivity index (χ1) is 38.0. The highest BCUT2D eigenvalue weighted by Crippen LogP contribution is 2.68. The number of methoxy groups -OCH3 is 3. The van der Waals surface area contributed by atoms with E-state index in [0.29, 0.717) is 106 Å². The lowest BCUT2D eigenvalue weighted by Gasteiger charge is -2.63. The number of aliphatic hydroxyl groups is 1. The summed E-state index contributed by atoms with van der Waals surface area (Å²) in [6.07, 6.45) is 10.1. The second kappa shape index (κ2) is 19.2. The largest absolute Gasteiger partial charge is 0.496 e. The molecular weight excluding hydrogens is 1010 g/mol. The van der Waals surface area contributed by atoms with Crippen molar-refractivity contribution in [2.24, 2.45) is 11.3 Å². The minimum atomic E-state index is -2.36. The minimum absolute atomic E-state index is 0.185. The molecule has 12 rings (SSSR count). The zero-order valence-electron chi connectivity index (χ0n) is 45.9. The van der Waals surface area contributed by atoms with Crippen LogP contribution in [-0.2, 0) is 58.9 Å². The van der Waals surface area contributed by atoms with Crippen LogP contribution in [0, 0.1) is 11.3 Å². The number of H-pyrrole nitrogens is 1. The van der Waals surface area contributed by atoms with Crippen molar-refractivity contribution in [1.29, 1.82) is 0 Å². The van der Waals surface area contributed by atoms with Crippen molar-refractivity contribution in [2.45, 2.75) is 113 Å². The number of carbonyl (C=O) groups is 5. The molecule has 19 nitrogen and oxygen atoms in total. The number of fused-ring (bicyclic) bond motifs is 7. The number of aromatic nitrogens is 3. The topological polar surface area (TPSA) is 221 Å². The number of aromatic amines is 1. The summed E-state index contributed by atoms with van der Waals surface area (Å²) < 4.78 is 24.4. The number of hydrogen-bond acceptors (Lipinski definition) is 15. The van der Waals surface area contributed by atoms with Gasteiger partial charge in [0.05, 0.1) is 39.1 Å². The number of nitrogens with zero attached hydrogens (tertiary/aromatic N) is 6. The molecule has 4 N–H and O–H groups in total. The predicted molar refractivity (Wildman–Crippen MR) is 292 cm³/mol. The van der Waals surface area contributed by atoms with Crippen LogP contribution in [0.3, 0.4) is 0 Å². The standard InChI is InChI=1S/C60H69N9O10/c1-8-56(65-55(74)69-32-37-15-16-39(25-38(37)33-69)63-49(71)45-30-61-20-21-62-45)28-36-29-59(53(72)77-6,48-41(17-23-67(31-36)34-56)40-13-10-11-14-44(40)64-48)43-26-42-46(27-47(43)76-5)66(4)51-58(42)19-24-68-22-12-18-57(9-2,50(58)68)52(79-35(3)70)60(51,75)54(73)78-7/h10-16,18,20-21,25-27,30,36,50-52,64,75H,8-9,17,19,22-24,28-29,31-34H2,1-7H3,(H,63,71)(H,65,74)/t36-,50+,51-,52-,56+,57-,58-,59+,60+/m1/s1. The smallest absolute Gasteiger partial charge is 0.344 e. The van der Waals surface area contributed by atoms with E-state index in [4.69, 9.17) is 18.9 Å². The summed E-state index contributed by atoms with van der Waals surface area (Å²) in [7, 11) is 6.13. The first-order valence-electron chi connectivity index (χ1n) is 27.6. The Balaban J connectivity index is 0.967. The van der Waals surface area contributed by atoms with Gasteiger partial charge in [0, 0.05) is 122 Å². The summed E-state index contributed by atoms with van der Waals surface area (Å²) in [5.41, 5.74) is 0.806. The number of benzene rings is 3. The highest BCUT2D eigenvalue weighted by Gasteiger charge is 2.80. The third-order valence-electron chi connectivity index (χ3n) is 19.3. The van der Waals surface area contributed by atoms with Gasteiger partial charge in [-0.1, -0.05) is 50.3 Å². The second-order valence-electron chi connectivity index (χ2n) is 23.1. The van der Waals surface area contributed by atoms with Crippen LogP contribution in [0.15, 0.2) is 85.3 Å². The fourth-order valence-corrected chi connectivity index (χ4v) is 16.2. The molecule has 1 saturated carbocycles. The number of hydrogen-bond donors (Lipinski definition) is 4. The van der Waals surface area contributed by atoms with Gasteiger partial charge in [-0.05, 0) is 97.5 Å². The number of urea groups is 1. The summed E-state index contributed by atoms with van der Waals surface area (Å²) in [6.45, 7) is 9.28. The molecule has 2 bridgehead atoms. The zero-order valence-corrected chi connectivity index (χ0v) is 45.9. The van der Waals surface area contributed by atoms with Gasteiger partial charge in [0.2, 0.25) is 5.60 Å². The van der Waals surface area contributed by atoms with Crippen LogP contribution in [0.25, 0.3) is 10.9 Å². The maximum Gasteiger partial charge on any atom is 0.344 e. The van der Waals surface area contributed by atoms with Gasteiger partial charge in [-0.15, -0.1) is 0 Å². The number of rotatable bonds is 10. The lowest BCUT2D eigenvalue weighted by atomic mass is 9.47. The molecule has 3 fully saturated rings. The Kier molecular flexibility index (Phi) is 12.7. The molecule has 19 heteroatoms. The van der Waals surface area contributed by atoms with Gasteiger partial charge in [-0.2, -0.15) is 0 Å². The van der Waals surface area contributed by atoms with Crippen LogP contribution in [0.2, 0.25) is 0 Å². The van der Waals surface area contributed by atoms with E-state index in [1.165, 1.54) is 39.7 Å². The zero-order chi connectivity index (χ0) is 55.4. The lowest BCUT2D eigenvalue weighted by Crippen LogP contribution is -2.81. The second-order valence-corrected chi connectivity index (χ2v) is 23.1. The number of esters is 3. The number of likely N-dealkylation sites (N-methyl/N-ethyl adjacent to an activating group) is 1. The van der Waals surface area contributed by atoms with Crippen LogP contribution in [0.4, 0.5) is 16.2 Å². The molecule has 1 unspecified atom stereocenters. The number of ether oxygens (including phenoxy) is 4. The predicted octanol–water partition coefficient (Wildman–Crippen LogP) is 5.77. The molecule has 2 aromatic heterocycles. The summed E-state index contributed by atoms with van der Waals surface area (Å²) in [5.74, 6) is -2.15. The highest BCUT2D eigenvalue weighted by molar-refractivity contribution is 6.02. The number of para-hydroxylation sites is 1. The molecular formula is C60H69N9O10. The van der Waals surface area contributed by atoms with Crippen molar-refractivity contribution < 1.29 is 48.0 Å². The monoisotopic (exact) mass is 1080 g/mol. The maximum absolute atomic E-state index is 15.9. The summed E-state index contributed by atoms with van der Waals surface area (Å²) in [6, 6.07) is 16.3. The molecule has 1 aliphatic carbocycles. The molecule has 5 aromatic rings. The van der Waals surface area contributed by atoms with E-state index < -0.39 is 57.4 Å². The molecule has 6 aliphatic heterocycles. The molecule has 414 valence electrons. The first-order valence-corrected chi connectivity index (χ1v) is 27.6. The number of anilines is 2. The van der Waals surface area contributed by atoms with Gasteiger partial charge < -0.3 is 54.4 Å². The number of nitrogens with one attached hydrogen (secondary N) is 3. The van der Waals surface area contributed by atoms with E-state index in [1.54, 1.807) is 12.0 Å². The Morgan fingerprint density at radius 2 is 1.70 bits per heavy atom. The van der Waals surface area contributed by atoms with Gasteiger partial charge in [0.1, 0.15) is 16.9 Å². The lowest BCUT2D eigenvalue weighted by molar-refractivity contribution is -0.228. The number of piperidine rings is 1. The van der Waals surface area contributed by atoms with Crippen molar-refractivity contribution in [3.05, 3.63) is 125 Å². The van der Waals surface area contributed by atoms with E-state index >= 15 is 4.79 Å². The molecule has 0 radical (unpaired) electrons. The van der Waals surface area contributed by atoms with E-state index in [0.717, 1.165) is 33.2 Å². The van der Waals surface area contributed by atoms with E-state index in [1.807, 2.05) is 73.5 Å². The van der Waals surface area contributed by atoms with Crippen molar-refractivity contribution in [3.8, 4) is 5.75 Å². The molecule has 3 amide bonds. The van der Waals surface area contributed by atoms with Crippen LogP contribution < -0.4 is 20.3 Å². The normalized spacial score (nSPS) is 31.1. The number of amides is 3. The molecule has 10 atom stereocenters. The third kappa shape index (κ3) is 7.65. The average molecular weight is 1080 g/mol. The van der Waals surface area contributed by atoms with Crippen molar-refractivity contribution >= 4 is 52.1 Å². The van der Waals surface area contributed by atoms with E-state index in [-0.39, 0.29) is 36.0 Å². The summed E-state index contributed by atoms with van der Waals surface area (Å²) in [5, 5.41) is 21.0. The Hall–Kier alpha value is -7.35. The molecule has 79 heavy (non-hydrogen) atoms. The van der Waals surface area contributed by atoms with Gasteiger partial charge in [0.15, 0.2) is 6.10 Å². The summed E-state index contributed by atoms with van der Waals surface area (Å²) in [4.78, 5) is 92.0. The molecule has 3 aromatic carbocycles. The van der Waals surface area contributed by atoms with Crippen LogP contribution in [0.1, 0.15) is 96.9 Å². The van der Waals surface area contributed by atoms with Crippen molar-refractivity contribution in [2.75, 3.05) is 71.3 Å². The fraction of sp³-hybridized carbons (Fsp3) is 0.483. The van der Waals surface area contributed by atoms with Crippen molar-refractivity contribution in [1.82, 2.24) is 35.0 Å². The van der Waals surface area contributed by atoms with Gasteiger partial charge >= 0.3 is 23.9 Å². The number of carbonyl (C=O) groups excluding carboxylic acids is 5.